The lowest BCUT2D eigenvalue weighted by atomic mass is 10.1. The smallest absolute Gasteiger partial charge is 0.422 e. The highest BCUT2D eigenvalue weighted by atomic mass is 19.4. The van der Waals surface area contributed by atoms with Gasteiger partial charge in [0, 0.05) is 24.6 Å². The highest BCUT2D eigenvalue weighted by Gasteiger charge is 2.28. The lowest BCUT2D eigenvalue weighted by Gasteiger charge is -2.04. The zero-order valence-electron chi connectivity index (χ0n) is 17.0. The molecule has 0 radical (unpaired) electrons. The van der Waals surface area contributed by atoms with Crippen molar-refractivity contribution < 1.29 is 37.4 Å². The average Bonchev–Trinajstić information content (AvgIpc) is 2.63. The summed E-state index contributed by atoms with van der Waals surface area (Å²) in [6, 6.07) is 0. The maximum absolute atomic E-state index is 11.2. The van der Waals surface area contributed by atoms with E-state index in [-0.39, 0.29) is 5.91 Å². The van der Waals surface area contributed by atoms with Gasteiger partial charge in [0.05, 0.1) is 0 Å². The number of ether oxygens (including phenoxy) is 1. The molecule has 0 aliphatic rings. The summed E-state index contributed by atoms with van der Waals surface area (Å²) in [5.74, 6) is -1.83. The highest BCUT2D eigenvalue weighted by Crippen LogP contribution is 2.14. The summed E-state index contributed by atoms with van der Waals surface area (Å²) in [5.41, 5.74) is 0.557. The van der Waals surface area contributed by atoms with E-state index in [9.17, 15) is 27.6 Å². The number of hydrogen-bond acceptors (Lipinski definition) is 4. The third kappa shape index (κ3) is 25.7. The summed E-state index contributed by atoms with van der Waals surface area (Å²) in [6.07, 6.45) is 5.14. The Labute approximate surface area is 170 Å². The molecule has 0 saturated carbocycles. The van der Waals surface area contributed by atoms with Crippen molar-refractivity contribution >= 4 is 17.8 Å². The van der Waals surface area contributed by atoms with Gasteiger partial charge in [0.15, 0.2) is 6.61 Å². The first-order valence-corrected chi connectivity index (χ1v) is 9.51. The SMILES string of the molecule is C=C(C)C(=O)NCCCCCCCCCCC(=O)O.C=CC(=O)OCC(F)(F)F. The van der Waals surface area contributed by atoms with Crippen LogP contribution in [0.2, 0.25) is 0 Å². The van der Waals surface area contributed by atoms with Gasteiger partial charge in [-0.25, -0.2) is 4.79 Å². The Morgan fingerprint density at radius 3 is 1.90 bits per heavy atom. The first-order chi connectivity index (χ1) is 13.5. The summed E-state index contributed by atoms with van der Waals surface area (Å²) in [4.78, 5) is 31.5. The molecule has 9 heteroatoms. The molecule has 0 spiro atoms. The summed E-state index contributed by atoms with van der Waals surface area (Å²) in [5, 5.41) is 11.3. The van der Waals surface area contributed by atoms with Gasteiger partial charge < -0.3 is 15.2 Å². The standard InChI is InChI=1S/C15H27NO3.C5H5F3O2/c1-13(2)15(19)16-12-10-8-6-4-3-5-7-9-11-14(17)18;1-2-4(9)10-3-5(6,7)8/h1,3-12H2,2H3,(H,16,19)(H,17,18);2H,1,3H2. The Morgan fingerprint density at radius 1 is 1.00 bits per heavy atom. The number of carboxylic acids is 1. The average molecular weight is 423 g/mol. The predicted octanol–water partition coefficient (Wildman–Crippen LogP) is 4.55. The van der Waals surface area contributed by atoms with E-state index in [1.54, 1.807) is 6.92 Å². The van der Waals surface area contributed by atoms with Crippen LogP contribution in [0.4, 0.5) is 13.2 Å². The van der Waals surface area contributed by atoms with Gasteiger partial charge in [-0.1, -0.05) is 51.7 Å². The van der Waals surface area contributed by atoms with Gasteiger partial charge in [-0.2, -0.15) is 13.2 Å². The second kappa shape index (κ2) is 17.8. The van der Waals surface area contributed by atoms with E-state index in [1.807, 2.05) is 0 Å². The van der Waals surface area contributed by atoms with Crippen LogP contribution in [0.1, 0.15) is 64.7 Å². The number of amides is 1. The topological polar surface area (TPSA) is 92.7 Å². The molecular weight excluding hydrogens is 391 g/mol. The quantitative estimate of drug-likeness (QED) is 0.243. The fraction of sp³-hybridized carbons (Fsp3) is 0.650. The minimum atomic E-state index is -4.46. The van der Waals surface area contributed by atoms with E-state index < -0.39 is 24.7 Å². The van der Waals surface area contributed by atoms with Crippen LogP contribution >= 0.6 is 0 Å². The number of esters is 1. The van der Waals surface area contributed by atoms with Crippen LogP contribution in [0.5, 0.6) is 0 Å². The molecule has 6 nitrogen and oxygen atoms in total. The number of rotatable bonds is 14. The van der Waals surface area contributed by atoms with Crippen molar-refractivity contribution in [2.75, 3.05) is 13.2 Å². The van der Waals surface area contributed by atoms with Gasteiger partial charge in [-0.05, 0) is 19.8 Å². The lowest BCUT2D eigenvalue weighted by Crippen LogP contribution is -2.24. The predicted molar refractivity (Wildman–Crippen MR) is 104 cm³/mol. The molecule has 0 unspecified atom stereocenters. The van der Waals surface area contributed by atoms with Crippen molar-refractivity contribution in [2.24, 2.45) is 0 Å². The van der Waals surface area contributed by atoms with Gasteiger partial charge in [-0.3, -0.25) is 9.59 Å². The molecule has 168 valence electrons. The van der Waals surface area contributed by atoms with E-state index in [4.69, 9.17) is 5.11 Å². The number of carbonyl (C=O) groups excluding carboxylic acids is 2. The van der Waals surface area contributed by atoms with Gasteiger partial charge in [0.25, 0.3) is 0 Å². The fourth-order valence-electron chi connectivity index (χ4n) is 2.03. The molecule has 1 amide bonds. The van der Waals surface area contributed by atoms with Crippen LogP contribution in [-0.2, 0) is 19.1 Å². The number of unbranched alkanes of at least 4 members (excludes halogenated alkanes) is 7. The van der Waals surface area contributed by atoms with Crippen molar-refractivity contribution in [2.45, 2.75) is 70.9 Å². The Morgan fingerprint density at radius 2 is 1.48 bits per heavy atom. The van der Waals surface area contributed by atoms with Crippen LogP contribution in [-0.4, -0.2) is 42.3 Å². The lowest BCUT2D eigenvalue weighted by molar-refractivity contribution is -0.182. The van der Waals surface area contributed by atoms with Crippen molar-refractivity contribution in [3.63, 3.8) is 0 Å². The Bertz CT molecular complexity index is 519. The number of nitrogens with one attached hydrogen (secondary N) is 1. The molecule has 0 rings (SSSR count). The van der Waals surface area contributed by atoms with Gasteiger partial charge in [0.1, 0.15) is 0 Å². The van der Waals surface area contributed by atoms with E-state index in [0.29, 0.717) is 18.1 Å². The minimum absolute atomic E-state index is 0.0570. The van der Waals surface area contributed by atoms with Crippen LogP contribution in [0.25, 0.3) is 0 Å². The van der Waals surface area contributed by atoms with Gasteiger partial charge >= 0.3 is 18.1 Å². The molecule has 0 aromatic rings. The first kappa shape index (κ1) is 28.9. The molecule has 0 aromatic carbocycles. The first-order valence-electron chi connectivity index (χ1n) is 9.51. The van der Waals surface area contributed by atoms with Crippen molar-refractivity contribution in [1.82, 2.24) is 5.32 Å². The molecule has 0 heterocycles. The maximum Gasteiger partial charge on any atom is 0.422 e. The molecule has 0 aromatic heterocycles. The molecule has 0 atom stereocenters. The monoisotopic (exact) mass is 423 g/mol. The Balaban J connectivity index is 0. The largest absolute Gasteiger partial charge is 0.481 e. The number of carboxylic acid groups (broad SMARTS) is 1. The number of carbonyl (C=O) groups is 3. The normalized spacial score (nSPS) is 10.3. The summed E-state index contributed by atoms with van der Waals surface area (Å²) in [7, 11) is 0. The molecule has 0 bridgehead atoms. The number of aliphatic carboxylic acids is 1. The van der Waals surface area contributed by atoms with Crippen LogP contribution < -0.4 is 5.32 Å². The van der Waals surface area contributed by atoms with Gasteiger partial charge in [-0.15, -0.1) is 0 Å². The van der Waals surface area contributed by atoms with Crippen LogP contribution in [0, 0.1) is 0 Å². The Kier molecular flexibility index (Phi) is 17.7. The molecule has 0 aliphatic heterocycles. The van der Waals surface area contributed by atoms with Crippen molar-refractivity contribution in [3.8, 4) is 0 Å². The highest BCUT2D eigenvalue weighted by molar-refractivity contribution is 5.92. The summed E-state index contributed by atoms with van der Waals surface area (Å²) < 4.78 is 37.4. The van der Waals surface area contributed by atoms with Crippen LogP contribution in [0.3, 0.4) is 0 Å². The third-order valence-electron chi connectivity index (χ3n) is 3.54. The fourth-order valence-corrected chi connectivity index (χ4v) is 2.03. The number of alkyl halides is 3. The maximum atomic E-state index is 11.2. The third-order valence-corrected chi connectivity index (χ3v) is 3.54. The van der Waals surface area contributed by atoms with E-state index in [0.717, 1.165) is 38.6 Å². The minimum Gasteiger partial charge on any atom is -0.481 e. The second-order valence-electron chi connectivity index (χ2n) is 6.44. The Hall–Kier alpha value is -2.32. The summed E-state index contributed by atoms with van der Waals surface area (Å²) >= 11 is 0. The zero-order valence-corrected chi connectivity index (χ0v) is 17.0. The second-order valence-corrected chi connectivity index (χ2v) is 6.44. The van der Waals surface area contributed by atoms with Crippen molar-refractivity contribution in [3.05, 3.63) is 24.8 Å². The molecule has 29 heavy (non-hydrogen) atoms. The molecule has 0 saturated heterocycles. The molecule has 0 fully saturated rings. The zero-order chi connectivity index (χ0) is 22.7. The van der Waals surface area contributed by atoms with Crippen LogP contribution in [0.15, 0.2) is 24.8 Å². The molecular formula is C20H32F3NO5. The number of halogens is 3. The van der Waals surface area contributed by atoms with Crippen molar-refractivity contribution in [1.29, 1.82) is 0 Å². The summed E-state index contributed by atoms with van der Waals surface area (Å²) in [6.45, 7) is 7.38. The van der Waals surface area contributed by atoms with Gasteiger partial charge in [0.2, 0.25) is 5.91 Å². The number of hydrogen-bond donors (Lipinski definition) is 2. The van der Waals surface area contributed by atoms with E-state index in [2.05, 4.69) is 23.2 Å². The molecule has 0 aliphatic carbocycles. The van der Waals surface area contributed by atoms with E-state index in [1.165, 1.54) is 19.3 Å². The van der Waals surface area contributed by atoms with E-state index >= 15 is 0 Å². The molecule has 2 N–H and O–H groups in total.